The summed E-state index contributed by atoms with van der Waals surface area (Å²) >= 11 is 0. The van der Waals surface area contributed by atoms with Gasteiger partial charge in [-0.2, -0.15) is 0 Å². The molecule has 7 aromatic rings. The van der Waals surface area contributed by atoms with Gasteiger partial charge in [0, 0.05) is 44.6 Å². The number of hydrogen-bond donors (Lipinski definition) is 4. The van der Waals surface area contributed by atoms with Crippen molar-refractivity contribution in [2.24, 2.45) is 0 Å². The van der Waals surface area contributed by atoms with Gasteiger partial charge in [-0.1, -0.05) is 91.0 Å². The highest BCUT2D eigenvalue weighted by Gasteiger charge is 2.22. The highest BCUT2D eigenvalue weighted by molar-refractivity contribution is 5.78. The molecule has 8 rings (SSSR count). The topological polar surface area (TPSA) is 63.2 Å². The maximum atomic E-state index is 3.83. The SMILES string of the molecule is c1ccc(C2=c3ccc([nH]3)=c3ccc([nH]3)=C(c3ccccc3)c3ccc([nH]3)C(c3ccccc3)c3ccc2[nH]3)cc1. The molecule has 0 saturated heterocycles. The highest BCUT2D eigenvalue weighted by Crippen LogP contribution is 2.34. The van der Waals surface area contributed by atoms with Gasteiger partial charge in [0.2, 0.25) is 0 Å². The molecule has 5 heterocycles. The van der Waals surface area contributed by atoms with E-state index in [1.165, 1.54) is 5.56 Å². The second-order valence-corrected chi connectivity index (χ2v) is 10.6. The summed E-state index contributed by atoms with van der Waals surface area (Å²) in [6.07, 6.45) is 0. The minimum absolute atomic E-state index is 0.0104. The van der Waals surface area contributed by atoms with Gasteiger partial charge in [0.05, 0.1) is 16.6 Å². The lowest BCUT2D eigenvalue weighted by atomic mass is 9.93. The van der Waals surface area contributed by atoms with Crippen LogP contribution in [0, 0.1) is 10.7 Å². The molecular formula is C37H28N4. The second kappa shape index (κ2) is 9.61. The van der Waals surface area contributed by atoms with Gasteiger partial charge in [-0.05, 0) is 65.2 Å². The monoisotopic (exact) mass is 528 g/mol. The van der Waals surface area contributed by atoms with E-state index in [0.29, 0.717) is 0 Å². The lowest BCUT2D eigenvalue weighted by Gasteiger charge is -2.16. The maximum Gasteiger partial charge on any atom is 0.0641 e. The number of aromatic nitrogens is 4. The lowest BCUT2D eigenvalue weighted by Crippen LogP contribution is -2.10. The van der Waals surface area contributed by atoms with Crippen molar-refractivity contribution in [1.82, 2.24) is 19.9 Å². The third-order valence-electron chi connectivity index (χ3n) is 8.04. The van der Waals surface area contributed by atoms with Crippen molar-refractivity contribution in [1.29, 1.82) is 0 Å². The first-order valence-electron chi connectivity index (χ1n) is 14.0. The fourth-order valence-electron chi connectivity index (χ4n) is 6.14. The smallest absolute Gasteiger partial charge is 0.0641 e. The third-order valence-corrected chi connectivity index (χ3v) is 8.04. The molecule has 4 heteroatoms. The van der Waals surface area contributed by atoms with E-state index in [0.717, 1.165) is 66.4 Å². The van der Waals surface area contributed by atoms with Crippen molar-refractivity contribution in [3.05, 3.63) is 200 Å². The largest absolute Gasteiger partial charge is 0.357 e. The number of hydrogen-bond acceptors (Lipinski definition) is 0. The number of aromatic amines is 4. The molecule has 0 aliphatic carbocycles. The predicted octanol–water partition coefficient (Wildman–Crippen LogP) is 6.27. The van der Waals surface area contributed by atoms with E-state index in [4.69, 9.17) is 0 Å². The summed E-state index contributed by atoms with van der Waals surface area (Å²) in [7, 11) is 0. The second-order valence-electron chi connectivity index (χ2n) is 10.6. The average molecular weight is 529 g/mol. The van der Waals surface area contributed by atoms with Crippen LogP contribution in [0.3, 0.4) is 0 Å². The molecule has 3 aromatic carbocycles. The zero-order chi connectivity index (χ0) is 27.2. The molecule has 0 atom stereocenters. The van der Waals surface area contributed by atoms with Crippen molar-refractivity contribution in [3.63, 3.8) is 0 Å². The van der Waals surface area contributed by atoms with Gasteiger partial charge in [-0.15, -0.1) is 0 Å². The van der Waals surface area contributed by atoms with Crippen LogP contribution < -0.4 is 10.7 Å². The Morgan fingerprint density at radius 3 is 1.22 bits per heavy atom. The molecule has 4 N–H and O–H groups in total. The zero-order valence-electron chi connectivity index (χ0n) is 22.4. The fourth-order valence-corrected chi connectivity index (χ4v) is 6.14. The van der Waals surface area contributed by atoms with Gasteiger partial charge >= 0.3 is 0 Å². The first-order valence-corrected chi connectivity index (χ1v) is 14.0. The lowest BCUT2D eigenvalue weighted by molar-refractivity contribution is 0.893. The van der Waals surface area contributed by atoms with E-state index in [1.54, 1.807) is 0 Å². The van der Waals surface area contributed by atoms with E-state index < -0.39 is 0 Å². The van der Waals surface area contributed by atoms with Crippen LogP contribution in [0.4, 0.5) is 0 Å². The summed E-state index contributed by atoms with van der Waals surface area (Å²) in [6.45, 7) is 0. The highest BCUT2D eigenvalue weighted by atomic mass is 14.8. The first kappa shape index (κ1) is 23.4. The van der Waals surface area contributed by atoms with Crippen LogP contribution in [0.5, 0.6) is 0 Å². The third kappa shape index (κ3) is 4.09. The normalized spacial score (nSPS) is 14.5. The molecular weight excluding hydrogens is 500 g/mol. The fraction of sp³-hybridized carbons (Fsp3) is 0.0270. The number of nitrogens with one attached hydrogen (secondary N) is 4. The molecule has 196 valence electrons. The molecule has 4 nitrogen and oxygen atoms in total. The molecule has 0 spiro atoms. The van der Waals surface area contributed by atoms with Gasteiger partial charge in [0.25, 0.3) is 0 Å². The van der Waals surface area contributed by atoms with E-state index in [9.17, 15) is 0 Å². The Hall–Kier alpha value is -5.48. The summed E-state index contributed by atoms with van der Waals surface area (Å²) in [5.41, 5.74) is 10.2. The Balaban J connectivity index is 1.50. The average Bonchev–Trinajstić information content (AvgIpc) is 3.84. The predicted molar refractivity (Wildman–Crippen MR) is 164 cm³/mol. The van der Waals surface area contributed by atoms with Gasteiger partial charge in [0.15, 0.2) is 0 Å². The molecule has 0 radical (unpaired) electrons. The Kier molecular flexibility index (Phi) is 5.49. The van der Waals surface area contributed by atoms with E-state index in [-0.39, 0.29) is 5.92 Å². The van der Waals surface area contributed by atoms with E-state index in [1.807, 2.05) is 0 Å². The molecule has 0 amide bonds. The minimum atomic E-state index is 0.0104. The van der Waals surface area contributed by atoms with Crippen LogP contribution in [0.15, 0.2) is 140 Å². The standard InChI is InChI=1S/C37H28N4/c1-4-10-24(11-5-1)35-29-18-16-27(38-29)28-17-19-30(39-28)36(25-12-6-2-7-13-25)32-21-23-34(41-32)37(26-14-8-3-9-15-26)33-22-20-31(35)40-33/h1-23,37-41H. The van der Waals surface area contributed by atoms with Crippen LogP contribution in [0.25, 0.3) is 11.1 Å². The van der Waals surface area contributed by atoms with Crippen LogP contribution in [-0.4, -0.2) is 19.9 Å². The van der Waals surface area contributed by atoms with Crippen molar-refractivity contribution < 1.29 is 0 Å². The van der Waals surface area contributed by atoms with Gasteiger partial charge in [0.1, 0.15) is 0 Å². The molecule has 1 aliphatic heterocycles. The van der Waals surface area contributed by atoms with Crippen LogP contribution in [0.1, 0.15) is 45.4 Å². The molecule has 0 saturated carbocycles. The minimum Gasteiger partial charge on any atom is -0.357 e. The Labute approximate surface area is 237 Å². The van der Waals surface area contributed by atoms with Crippen molar-refractivity contribution >= 4 is 11.1 Å². The molecule has 8 bridgehead atoms. The summed E-state index contributed by atoms with van der Waals surface area (Å²) in [5, 5.41) is 4.22. The quantitative estimate of drug-likeness (QED) is 0.209. The number of fused-ring (bicyclic) bond motifs is 8. The molecule has 41 heavy (non-hydrogen) atoms. The van der Waals surface area contributed by atoms with Gasteiger partial charge < -0.3 is 19.9 Å². The Bertz CT molecular complexity index is 2050. The summed E-state index contributed by atoms with van der Waals surface area (Å²) in [4.78, 5) is 15.1. The maximum absolute atomic E-state index is 3.83. The Morgan fingerprint density at radius 2 is 0.756 bits per heavy atom. The number of benzene rings is 3. The van der Waals surface area contributed by atoms with Crippen molar-refractivity contribution in [2.75, 3.05) is 0 Å². The number of rotatable bonds is 3. The summed E-state index contributed by atoms with van der Waals surface area (Å²) in [6, 6.07) is 49.4. The van der Waals surface area contributed by atoms with Crippen molar-refractivity contribution in [2.45, 2.75) is 5.92 Å². The van der Waals surface area contributed by atoms with E-state index in [2.05, 4.69) is 159 Å². The summed E-state index contributed by atoms with van der Waals surface area (Å²) in [5.74, 6) is 0.0104. The van der Waals surface area contributed by atoms with Crippen LogP contribution in [0.2, 0.25) is 0 Å². The molecule has 0 unspecified atom stereocenters. The zero-order valence-corrected chi connectivity index (χ0v) is 22.4. The van der Waals surface area contributed by atoms with E-state index >= 15 is 0 Å². The first-order chi connectivity index (χ1) is 20.3. The number of H-pyrrole nitrogens is 4. The van der Waals surface area contributed by atoms with Crippen LogP contribution in [-0.2, 0) is 0 Å². The Morgan fingerprint density at radius 1 is 0.341 bits per heavy atom. The summed E-state index contributed by atoms with van der Waals surface area (Å²) < 4.78 is 0. The van der Waals surface area contributed by atoms with Gasteiger partial charge in [-0.25, -0.2) is 0 Å². The van der Waals surface area contributed by atoms with Crippen molar-refractivity contribution in [3.8, 4) is 0 Å². The van der Waals surface area contributed by atoms with Crippen LogP contribution >= 0.6 is 0 Å². The molecule has 4 aromatic heterocycles. The molecule has 0 fully saturated rings. The van der Waals surface area contributed by atoms with Gasteiger partial charge in [-0.3, -0.25) is 0 Å². The molecule has 1 aliphatic rings.